The first-order valence-corrected chi connectivity index (χ1v) is 16.0. The first kappa shape index (κ1) is 32.4. The average Bonchev–Trinajstić information content (AvgIpc) is 3.45. The number of nitrogens with zero attached hydrogens (tertiary/aromatic N) is 3. The highest BCUT2D eigenvalue weighted by atomic mass is 32.1. The fourth-order valence-corrected chi connectivity index (χ4v) is 7.32. The van der Waals surface area contributed by atoms with Crippen LogP contribution in [0.5, 0.6) is 5.75 Å². The normalized spacial score (nSPS) is 17.9. The van der Waals surface area contributed by atoms with Gasteiger partial charge in [0.2, 0.25) is 0 Å². The minimum absolute atomic E-state index is 0.0408. The summed E-state index contributed by atoms with van der Waals surface area (Å²) in [5.41, 5.74) is 4.28. The van der Waals surface area contributed by atoms with Gasteiger partial charge in [0.15, 0.2) is 0 Å². The molecule has 8 nitrogen and oxygen atoms in total. The lowest BCUT2D eigenvalue weighted by molar-refractivity contribution is -0.137. The Kier molecular flexibility index (Phi) is 8.41. The van der Waals surface area contributed by atoms with Crippen LogP contribution in [0.15, 0.2) is 48.5 Å². The Labute approximate surface area is 274 Å². The number of halogens is 3. The number of benzene rings is 2. The quantitative estimate of drug-likeness (QED) is 0.202. The van der Waals surface area contributed by atoms with Crippen LogP contribution in [0, 0.1) is 20.8 Å². The first-order chi connectivity index (χ1) is 22.3. The molecule has 1 N–H and O–H groups in total. The average molecular weight is 666 g/mol. The molecule has 6 rings (SSSR count). The summed E-state index contributed by atoms with van der Waals surface area (Å²) in [7, 11) is 1.56. The standard InChI is InChI=1S/C35H34F3N3O5S/c1-18-13-23(15-24(14-18)35(36,37)38)30-21(4)41(34(44)46-30)17-27-25(8-10-29(39-27)40-11-6-12-40)26-16-22(7-9-28(26)45-5)31-19(2)20(3)32(47-31)33(42)43/h7-10,13-16,21,30H,6,11-12,17H2,1-5H3,(H,42,43)/t21-,30-/m0/s1. The lowest BCUT2D eigenvalue weighted by atomic mass is 9.96. The molecule has 4 heterocycles. The van der Waals surface area contributed by atoms with E-state index in [0.717, 1.165) is 53.5 Å². The van der Waals surface area contributed by atoms with Gasteiger partial charge in [0.05, 0.1) is 31.0 Å². The molecule has 0 bridgehead atoms. The maximum absolute atomic E-state index is 13.6. The van der Waals surface area contributed by atoms with Crippen LogP contribution in [-0.2, 0) is 17.5 Å². The molecule has 0 spiro atoms. The van der Waals surface area contributed by atoms with Crippen molar-refractivity contribution < 1.29 is 37.3 Å². The SMILES string of the molecule is COc1ccc(-c2sc(C(=O)O)c(C)c2C)cc1-c1ccc(N2CCC2)nc1CN1C(=O)O[C@H](c2cc(C)cc(C(F)(F)F)c2)[C@@H]1C. The molecule has 2 saturated heterocycles. The number of thiophene rings is 1. The third-order valence-corrected chi connectivity index (χ3v) is 10.4. The third-order valence-electron chi connectivity index (χ3n) is 9.00. The molecule has 2 atom stereocenters. The van der Waals surface area contributed by atoms with Crippen molar-refractivity contribution >= 4 is 29.2 Å². The molecule has 4 aromatic rings. The van der Waals surface area contributed by atoms with E-state index in [2.05, 4.69) is 4.90 Å². The minimum Gasteiger partial charge on any atom is -0.496 e. The molecule has 0 saturated carbocycles. The number of pyridine rings is 1. The molecule has 1 amide bonds. The summed E-state index contributed by atoms with van der Waals surface area (Å²) in [5.74, 6) is 0.340. The molecule has 2 aromatic heterocycles. The van der Waals surface area contributed by atoms with Gasteiger partial charge in [-0.1, -0.05) is 11.6 Å². The zero-order chi connectivity index (χ0) is 33.8. The summed E-state index contributed by atoms with van der Waals surface area (Å²) in [4.78, 5) is 34.9. The van der Waals surface area contributed by atoms with Crippen LogP contribution >= 0.6 is 11.3 Å². The summed E-state index contributed by atoms with van der Waals surface area (Å²) in [6, 6.07) is 12.6. The number of carboxylic acids is 1. The number of methoxy groups -OCH3 is 1. The fourth-order valence-electron chi connectivity index (χ4n) is 6.17. The number of ether oxygens (including phenoxy) is 2. The van der Waals surface area contributed by atoms with Crippen molar-refractivity contribution in [2.75, 3.05) is 25.1 Å². The van der Waals surface area contributed by atoms with Crippen molar-refractivity contribution in [1.82, 2.24) is 9.88 Å². The summed E-state index contributed by atoms with van der Waals surface area (Å²) >= 11 is 1.21. The number of hydrogen-bond donors (Lipinski definition) is 1. The van der Waals surface area contributed by atoms with Crippen LogP contribution in [-0.4, -0.2) is 53.3 Å². The number of alkyl halides is 3. The number of aromatic carboxylic acids is 1. The molecule has 2 aromatic carbocycles. The molecule has 47 heavy (non-hydrogen) atoms. The third kappa shape index (κ3) is 6.02. The monoisotopic (exact) mass is 665 g/mol. The molecule has 2 aliphatic rings. The van der Waals surface area contributed by atoms with E-state index in [1.165, 1.54) is 16.2 Å². The van der Waals surface area contributed by atoms with Gasteiger partial charge in [-0.05, 0) is 98.8 Å². The Morgan fingerprint density at radius 1 is 1.06 bits per heavy atom. The molecule has 246 valence electrons. The van der Waals surface area contributed by atoms with E-state index in [1.54, 1.807) is 33.9 Å². The van der Waals surface area contributed by atoms with Gasteiger partial charge in [0.1, 0.15) is 22.5 Å². The lowest BCUT2D eigenvalue weighted by Crippen LogP contribution is -2.38. The number of aromatic nitrogens is 1. The smallest absolute Gasteiger partial charge is 0.416 e. The molecular weight excluding hydrogens is 631 g/mol. The number of anilines is 1. The Morgan fingerprint density at radius 2 is 1.81 bits per heavy atom. The van der Waals surface area contributed by atoms with E-state index >= 15 is 0 Å². The zero-order valence-corrected chi connectivity index (χ0v) is 27.4. The Bertz CT molecular complexity index is 1880. The highest BCUT2D eigenvalue weighted by Gasteiger charge is 2.42. The maximum Gasteiger partial charge on any atom is 0.416 e. The molecule has 0 unspecified atom stereocenters. The van der Waals surface area contributed by atoms with Crippen LogP contribution in [0.1, 0.15) is 62.6 Å². The van der Waals surface area contributed by atoms with Gasteiger partial charge >= 0.3 is 18.2 Å². The van der Waals surface area contributed by atoms with Gasteiger partial charge < -0.3 is 19.5 Å². The second kappa shape index (κ2) is 12.2. The molecule has 0 aliphatic carbocycles. The fraction of sp³-hybridized carbons (Fsp3) is 0.343. The van der Waals surface area contributed by atoms with E-state index in [9.17, 15) is 27.9 Å². The number of carboxylic acid groups (broad SMARTS) is 1. The summed E-state index contributed by atoms with van der Waals surface area (Å²) in [6.07, 6.45) is -5.05. The van der Waals surface area contributed by atoms with Crippen LogP contribution < -0.4 is 9.64 Å². The number of rotatable bonds is 8. The van der Waals surface area contributed by atoms with Gasteiger partial charge in [-0.3, -0.25) is 4.90 Å². The number of amides is 1. The van der Waals surface area contributed by atoms with Gasteiger partial charge in [-0.25, -0.2) is 14.6 Å². The van der Waals surface area contributed by atoms with E-state index in [4.69, 9.17) is 14.5 Å². The van der Waals surface area contributed by atoms with E-state index in [0.29, 0.717) is 33.7 Å². The zero-order valence-electron chi connectivity index (χ0n) is 26.6. The van der Waals surface area contributed by atoms with Gasteiger partial charge in [0, 0.05) is 29.1 Å². The maximum atomic E-state index is 13.6. The van der Waals surface area contributed by atoms with Crippen molar-refractivity contribution in [3.8, 4) is 27.3 Å². The minimum atomic E-state index is -4.54. The molecule has 12 heteroatoms. The molecule has 0 radical (unpaired) electrons. The second-order valence-electron chi connectivity index (χ2n) is 12.0. The van der Waals surface area contributed by atoms with Crippen LogP contribution in [0.3, 0.4) is 0 Å². The summed E-state index contributed by atoms with van der Waals surface area (Å²) in [5, 5.41) is 9.72. The van der Waals surface area contributed by atoms with Gasteiger partial charge in [0.25, 0.3) is 0 Å². The largest absolute Gasteiger partial charge is 0.496 e. The van der Waals surface area contributed by atoms with E-state index in [1.807, 2.05) is 37.3 Å². The van der Waals surface area contributed by atoms with Gasteiger partial charge in [-0.2, -0.15) is 13.2 Å². The Hall–Kier alpha value is -4.58. The molecular formula is C35H34F3N3O5S. The van der Waals surface area contributed by atoms with Crippen molar-refractivity contribution in [2.24, 2.45) is 0 Å². The number of cyclic esters (lactones) is 1. The topological polar surface area (TPSA) is 92.2 Å². The summed E-state index contributed by atoms with van der Waals surface area (Å²) < 4.78 is 52.3. The number of aryl methyl sites for hydroxylation is 1. The van der Waals surface area contributed by atoms with Crippen molar-refractivity contribution in [3.63, 3.8) is 0 Å². The molecule has 2 fully saturated rings. The summed E-state index contributed by atoms with van der Waals surface area (Å²) in [6.45, 7) is 8.78. The van der Waals surface area contributed by atoms with Crippen molar-refractivity contribution in [3.05, 3.63) is 86.9 Å². The van der Waals surface area contributed by atoms with Crippen LogP contribution in [0.4, 0.5) is 23.8 Å². The van der Waals surface area contributed by atoms with Crippen molar-refractivity contribution in [2.45, 2.75) is 59.0 Å². The lowest BCUT2D eigenvalue weighted by Gasteiger charge is -2.33. The van der Waals surface area contributed by atoms with Crippen LogP contribution in [0.2, 0.25) is 0 Å². The van der Waals surface area contributed by atoms with E-state index in [-0.39, 0.29) is 17.0 Å². The molecule has 2 aliphatic heterocycles. The number of carbonyl (C=O) groups is 2. The second-order valence-corrected chi connectivity index (χ2v) is 13.1. The Balaban J connectivity index is 1.41. The van der Waals surface area contributed by atoms with Crippen LogP contribution in [0.25, 0.3) is 21.6 Å². The van der Waals surface area contributed by atoms with Gasteiger partial charge in [-0.15, -0.1) is 11.3 Å². The highest BCUT2D eigenvalue weighted by molar-refractivity contribution is 7.17. The van der Waals surface area contributed by atoms with E-state index < -0.39 is 35.9 Å². The predicted molar refractivity (Wildman–Crippen MR) is 173 cm³/mol. The number of carbonyl (C=O) groups excluding carboxylic acids is 1. The van der Waals surface area contributed by atoms with Crippen molar-refractivity contribution in [1.29, 1.82) is 0 Å². The highest BCUT2D eigenvalue weighted by Crippen LogP contribution is 2.43. The predicted octanol–water partition coefficient (Wildman–Crippen LogP) is 8.42. The first-order valence-electron chi connectivity index (χ1n) is 15.2. The Morgan fingerprint density at radius 3 is 2.43 bits per heavy atom. The number of hydrogen-bond acceptors (Lipinski definition) is 7.